The molecule has 6 nitrogen and oxygen atoms in total. The lowest BCUT2D eigenvalue weighted by Crippen LogP contribution is -1.94. The summed E-state index contributed by atoms with van der Waals surface area (Å²) < 4.78 is 17.1. The van der Waals surface area contributed by atoms with Crippen molar-refractivity contribution < 1.29 is 29.5 Å². The molecule has 0 fully saturated rings. The summed E-state index contributed by atoms with van der Waals surface area (Å²) in [4.78, 5) is 0. The van der Waals surface area contributed by atoms with Gasteiger partial charge in [0.25, 0.3) is 0 Å². The summed E-state index contributed by atoms with van der Waals surface area (Å²) in [6.45, 7) is 0. The molecule has 0 saturated heterocycles. The molecule has 0 bridgehead atoms. The van der Waals surface area contributed by atoms with Gasteiger partial charge in [-0.3, -0.25) is 0 Å². The lowest BCUT2D eigenvalue weighted by molar-refractivity contribution is 0.324. The largest absolute Gasteiger partial charge is 0.504 e. The van der Waals surface area contributed by atoms with Crippen LogP contribution < -0.4 is 14.2 Å². The Hall–Kier alpha value is 0.285. The van der Waals surface area contributed by atoms with Gasteiger partial charge in [-0.25, -0.2) is 0 Å². The molecule has 0 aliphatic carbocycles. The molecule has 0 atom stereocenters. The van der Waals surface area contributed by atoms with Crippen LogP contribution in [0.25, 0.3) is 0 Å². The van der Waals surface area contributed by atoms with Crippen LogP contribution in [0.4, 0.5) is 0 Å². The molecule has 30 heavy (non-hydrogen) atoms. The molecule has 0 amide bonds. The number of halogens is 7. The number of ether oxygens (including phenoxy) is 3. The maximum absolute atomic E-state index is 8.84. The van der Waals surface area contributed by atoms with Crippen LogP contribution in [-0.2, 0) is 0 Å². The summed E-state index contributed by atoms with van der Waals surface area (Å²) in [5, 5.41) is 26.7. The highest BCUT2D eigenvalue weighted by Gasteiger charge is 2.11. The first kappa shape index (κ1) is 32.5. The fraction of sp³-hybridized carbons (Fsp3) is 0.250. The van der Waals surface area contributed by atoms with Gasteiger partial charge in [-0.1, -0.05) is 31.9 Å². The van der Waals surface area contributed by atoms with E-state index in [0.717, 1.165) is 4.47 Å². The third kappa shape index (κ3) is 14.4. The second-order valence-corrected chi connectivity index (χ2v) is 13.6. The quantitative estimate of drug-likeness (QED) is 0.169. The first-order chi connectivity index (χ1) is 14.0. The number of phenols is 3. The molecule has 170 valence electrons. The first-order valence-electron chi connectivity index (χ1n) is 7.38. The van der Waals surface area contributed by atoms with Gasteiger partial charge in [0.2, 0.25) is 5.75 Å². The Morgan fingerprint density at radius 1 is 0.767 bits per heavy atom. The number of phenolic OH excluding ortho intramolecular Hbond substituents is 3. The van der Waals surface area contributed by atoms with Crippen molar-refractivity contribution in [3.8, 4) is 34.5 Å². The van der Waals surface area contributed by atoms with Crippen LogP contribution in [0.3, 0.4) is 0 Å². The van der Waals surface area contributed by atoms with Gasteiger partial charge in [0, 0.05) is 8.95 Å². The predicted octanol–water partition coefficient (Wildman–Crippen LogP) is 7.62. The van der Waals surface area contributed by atoms with E-state index in [9.17, 15) is 0 Å². The number of hydrogen-bond acceptors (Lipinski definition) is 6. The van der Waals surface area contributed by atoms with Crippen molar-refractivity contribution in [1.29, 1.82) is 0 Å². The molecule has 0 unspecified atom stereocenters. The van der Waals surface area contributed by atoms with E-state index in [4.69, 9.17) is 52.7 Å². The number of benzene rings is 2. The molecule has 0 aliphatic rings. The van der Waals surface area contributed by atoms with E-state index in [1.165, 1.54) is 12.1 Å². The Balaban J connectivity index is 0. The Morgan fingerprint density at radius 3 is 1.33 bits per heavy atom. The van der Waals surface area contributed by atoms with Crippen LogP contribution in [0.1, 0.15) is 0 Å². The minimum atomic E-state index is -0.497. The van der Waals surface area contributed by atoms with Crippen LogP contribution in [0, 0.1) is 0 Å². The van der Waals surface area contributed by atoms with Crippen molar-refractivity contribution in [3.05, 3.63) is 33.2 Å². The van der Waals surface area contributed by atoms with Crippen LogP contribution >= 0.6 is 102 Å². The van der Waals surface area contributed by atoms with E-state index in [0.29, 0.717) is 21.7 Å². The zero-order chi connectivity index (χ0) is 23.9. The van der Waals surface area contributed by atoms with E-state index in [1.54, 1.807) is 21.3 Å². The van der Waals surface area contributed by atoms with Crippen molar-refractivity contribution in [2.75, 3.05) is 26.7 Å². The van der Waals surface area contributed by atoms with Gasteiger partial charge in [-0.15, -0.1) is 70.5 Å². The molecule has 0 spiro atoms. The van der Waals surface area contributed by atoms with E-state index in [-0.39, 0.29) is 20.0 Å². The molecule has 14 heteroatoms. The molecular formula is C16H18BBr5Cl2O6. The van der Waals surface area contributed by atoms with Gasteiger partial charge in [0.1, 0.15) is 0 Å². The highest BCUT2D eigenvalue weighted by atomic mass is 79.9. The van der Waals surface area contributed by atoms with Gasteiger partial charge >= 0.3 is 3.18 Å². The highest BCUT2D eigenvalue weighted by Crippen LogP contribution is 2.39. The Morgan fingerprint density at radius 2 is 1.07 bits per heavy atom. The molecule has 0 aromatic heterocycles. The molecule has 2 rings (SSSR count). The Kier molecular flexibility index (Phi) is 20.4. The van der Waals surface area contributed by atoms with E-state index < -0.39 is 5.75 Å². The third-order valence-corrected chi connectivity index (χ3v) is 3.58. The topological polar surface area (TPSA) is 88.4 Å². The van der Waals surface area contributed by atoms with Crippen molar-refractivity contribution in [1.82, 2.24) is 0 Å². The van der Waals surface area contributed by atoms with Gasteiger partial charge < -0.3 is 29.5 Å². The van der Waals surface area contributed by atoms with Crippen LogP contribution in [0.5, 0.6) is 34.5 Å². The average molecular weight is 788 g/mol. The number of aromatic hydroxyl groups is 3. The summed E-state index contributed by atoms with van der Waals surface area (Å²) in [5.74, 6) is 0.720. The second kappa shape index (κ2) is 18.8. The highest BCUT2D eigenvalue weighted by molar-refractivity contribution is 9.69. The van der Waals surface area contributed by atoms with Crippen LogP contribution in [-0.4, -0.2) is 45.2 Å². The summed E-state index contributed by atoms with van der Waals surface area (Å²) in [6, 6.07) is 6.22. The molecule has 2 aromatic carbocycles. The van der Waals surface area contributed by atoms with E-state index in [1.807, 2.05) is 12.1 Å². The number of hydrogen-bond donors (Lipinski definition) is 3. The molecule has 2 aromatic rings. The summed E-state index contributed by atoms with van der Waals surface area (Å²) in [6.07, 6.45) is 0. The second-order valence-electron chi connectivity index (χ2n) is 4.48. The minimum absolute atomic E-state index is 0.194. The molecule has 3 N–H and O–H groups in total. The Bertz CT molecular complexity index is 707. The summed E-state index contributed by atoms with van der Waals surface area (Å²) in [5.41, 5.74) is 0. The average Bonchev–Trinajstić information content (AvgIpc) is 2.65. The SMILES string of the molecule is BrB(Br)Br.COc1cc(Br)cc(OC)c1OC.ClCCl.Oc1cc(Br)cc(O)c1O. The van der Waals surface area contributed by atoms with Crippen molar-refractivity contribution >= 4 is 106 Å². The maximum Gasteiger partial charge on any atom is 0.369 e. The van der Waals surface area contributed by atoms with Gasteiger partial charge in [0.15, 0.2) is 28.7 Å². The van der Waals surface area contributed by atoms with Gasteiger partial charge in [-0.2, -0.15) is 0 Å². The predicted molar refractivity (Wildman–Crippen MR) is 142 cm³/mol. The lowest BCUT2D eigenvalue weighted by Gasteiger charge is -2.11. The normalized spacial score (nSPS) is 8.87. The van der Waals surface area contributed by atoms with E-state index >= 15 is 0 Å². The van der Waals surface area contributed by atoms with Crippen molar-refractivity contribution in [2.45, 2.75) is 0 Å². The first-order valence-corrected chi connectivity index (χ1v) is 12.8. The van der Waals surface area contributed by atoms with Gasteiger partial charge in [0.05, 0.1) is 26.7 Å². The zero-order valence-electron chi connectivity index (χ0n) is 15.8. The van der Waals surface area contributed by atoms with Crippen molar-refractivity contribution in [3.63, 3.8) is 0 Å². The fourth-order valence-electron chi connectivity index (χ4n) is 1.62. The minimum Gasteiger partial charge on any atom is -0.504 e. The molecule has 0 radical (unpaired) electrons. The number of rotatable bonds is 3. The summed E-state index contributed by atoms with van der Waals surface area (Å²) >= 11 is 25.2. The zero-order valence-corrected chi connectivity index (χ0v) is 25.2. The summed E-state index contributed by atoms with van der Waals surface area (Å²) in [7, 11) is 4.75. The lowest BCUT2D eigenvalue weighted by atomic mass is 10.3. The molecule has 0 heterocycles. The monoisotopic (exact) mass is 782 g/mol. The van der Waals surface area contributed by atoms with Crippen molar-refractivity contribution in [2.24, 2.45) is 0 Å². The maximum atomic E-state index is 8.84. The Labute approximate surface area is 227 Å². The molecular weight excluding hydrogens is 769 g/mol. The molecule has 0 saturated carbocycles. The van der Waals surface area contributed by atoms with Crippen LogP contribution in [0.2, 0.25) is 0 Å². The fourth-order valence-corrected chi connectivity index (χ4v) is 2.47. The van der Waals surface area contributed by atoms with E-state index in [2.05, 4.69) is 79.1 Å². The number of alkyl halides is 2. The third-order valence-electron chi connectivity index (χ3n) is 2.66. The smallest absolute Gasteiger partial charge is 0.369 e. The van der Waals surface area contributed by atoms with Gasteiger partial charge in [-0.05, 0) is 24.3 Å². The van der Waals surface area contributed by atoms with Crippen LogP contribution in [0.15, 0.2) is 33.2 Å². The standard InChI is InChI=1S/C9H11BrO3.C6H5BrO3.CH2Cl2.BBr3/c1-11-7-4-6(10)5-8(12-2)9(7)13-3;7-3-1-4(8)6(10)5(9)2-3;2-1-3;2-1(3)4/h4-5H,1-3H3;1-2,8-10H;1H2;. The number of methoxy groups -OCH3 is 3. The molecule has 0 aliphatic heterocycles.